The number of nitrogens with zero attached hydrogens (tertiary/aromatic N) is 3. The lowest BCUT2D eigenvalue weighted by atomic mass is 9.91. The minimum atomic E-state index is -2.64. The van der Waals surface area contributed by atoms with Crippen LogP contribution in [-0.2, 0) is 4.79 Å². The number of pyridine rings is 1. The number of rotatable bonds is 9. The third-order valence-corrected chi connectivity index (χ3v) is 5.63. The maximum absolute atomic E-state index is 13.0. The van der Waals surface area contributed by atoms with E-state index in [1.807, 2.05) is 0 Å². The first-order chi connectivity index (χ1) is 15.8. The molecule has 1 aliphatic rings. The lowest BCUT2D eigenvalue weighted by Gasteiger charge is -2.30. The summed E-state index contributed by atoms with van der Waals surface area (Å²) in [7, 11) is 1.48. The van der Waals surface area contributed by atoms with E-state index in [0.29, 0.717) is 24.3 Å². The van der Waals surface area contributed by atoms with Gasteiger partial charge in [-0.05, 0) is 44.2 Å². The van der Waals surface area contributed by atoms with Gasteiger partial charge in [-0.1, -0.05) is 6.07 Å². The number of halogens is 4. The van der Waals surface area contributed by atoms with E-state index in [1.54, 1.807) is 22.6 Å². The Morgan fingerprint density at radius 2 is 1.94 bits per heavy atom. The number of imidazole rings is 1. The Morgan fingerprint density at radius 3 is 2.58 bits per heavy atom. The monoisotopic (exact) mass is 468 g/mol. The van der Waals surface area contributed by atoms with Gasteiger partial charge in [0.15, 0.2) is 0 Å². The van der Waals surface area contributed by atoms with Gasteiger partial charge in [0.1, 0.15) is 17.2 Å². The van der Waals surface area contributed by atoms with E-state index >= 15 is 0 Å². The van der Waals surface area contributed by atoms with Crippen LogP contribution >= 0.6 is 0 Å². The van der Waals surface area contributed by atoms with Gasteiger partial charge in [-0.2, -0.15) is 0 Å². The molecule has 0 unspecified atom stereocenters. The highest BCUT2D eigenvalue weighted by Crippen LogP contribution is 2.25. The molecule has 0 radical (unpaired) electrons. The van der Waals surface area contributed by atoms with E-state index in [1.165, 1.54) is 19.5 Å². The number of allylic oxidation sites excluding steroid dienone is 1. The largest absolute Gasteiger partial charge is 0.401 e. The second-order valence-corrected chi connectivity index (χ2v) is 8.03. The number of fused-ring (bicyclic) bond motifs is 1. The van der Waals surface area contributed by atoms with Crippen LogP contribution in [0.4, 0.5) is 23.4 Å². The van der Waals surface area contributed by atoms with Gasteiger partial charge in [0.2, 0.25) is 6.43 Å². The molecule has 2 aromatic rings. The topological polar surface area (TPSA) is 96.8 Å². The molecular weight excluding hydrogens is 440 g/mol. The van der Waals surface area contributed by atoms with E-state index in [9.17, 15) is 22.4 Å². The smallest absolute Gasteiger partial charge is 0.281 e. The number of hydrogen-bond donors (Lipinski definition) is 3. The van der Waals surface area contributed by atoms with Crippen molar-refractivity contribution >= 4 is 23.6 Å². The van der Waals surface area contributed by atoms with Gasteiger partial charge in [0, 0.05) is 43.7 Å². The number of carbonyl (C=O) groups is 1. The normalized spacial score (nSPS) is 20.0. The number of nitrogens with one attached hydrogen (secondary N) is 2. The minimum Gasteiger partial charge on any atom is -0.401 e. The zero-order valence-corrected chi connectivity index (χ0v) is 18.3. The van der Waals surface area contributed by atoms with E-state index in [0.717, 1.165) is 12.8 Å². The number of nitrogens with two attached hydrogens (primary N) is 1. The summed E-state index contributed by atoms with van der Waals surface area (Å²) in [5, 5.41) is 6.30. The molecule has 2 aromatic heterocycles. The second-order valence-electron chi connectivity index (χ2n) is 8.03. The fourth-order valence-electron chi connectivity index (χ4n) is 3.92. The van der Waals surface area contributed by atoms with Crippen molar-refractivity contribution in [2.45, 2.75) is 63.5 Å². The summed E-state index contributed by atoms with van der Waals surface area (Å²) in [6.45, 7) is 0. The van der Waals surface area contributed by atoms with Crippen molar-refractivity contribution in [2.24, 2.45) is 10.7 Å². The molecule has 0 aromatic carbocycles. The number of aromatic nitrogens is 2. The summed E-state index contributed by atoms with van der Waals surface area (Å²) in [6.07, 6.45) is -0.132. The minimum absolute atomic E-state index is 0.0871. The van der Waals surface area contributed by atoms with Crippen LogP contribution in [0.2, 0.25) is 0 Å². The average molecular weight is 468 g/mol. The van der Waals surface area contributed by atoms with Gasteiger partial charge in [-0.25, -0.2) is 22.5 Å². The van der Waals surface area contributed by atoms with Gasteiger partial charge in [-0.3, -0.25) is 14.2 Å². The van der Waals surface area contributed by atoms with Crippen LogP contribution in [0.25, 0.3) is 5.65 Å². The molecule has 0 saturated heterocycles. The van der Waals surface area contributed by atoms with Crippen molar-refractivity contribution in [1.82, 2.24) is 14.7 Å². The van der Waals surface area contributed by atoms with Crippen molar-refractivity contribution in [1.29, 1.82) is 0 Å². The number of aliphatic imine (C=N–C) groups is 1. The van der Waals surface area contributed by atoms with Crippen LogP contribution in [-0.4, -0.2) is 47.1 Å². The first-order valence-corrected chi connectivity index (χ1v) is 10.8. The van der Waals surface area contributed by atoms with Gasteiger partial charge < -0.3 is 16.4 Å². The predicted octanol–water partition coefficient (Wildman–Crippen LogP) is 4.07. The molecule has 0 atom stereocenters. The Balaban J connectivity index is 1.58. The zero-order valence-electron chi connectivity index (χ0n) is 18.3. The lowest BCUT2D eigenvalue weighted by molar-refractivity contribution is -0.117. The molecule has 33 heavy (non-hydrogen) atoms. The number of amides is 1. The fourth-order valence-corrected chi connectivity index (χ4v) is 3.92. The van der Waals surface area contributed by atoms with Gasteiger partial charge in [-0.15, -0.1) is 0 Å². The van der Waals surface area contributed by atoms with E-state index in [2.05, 4.69) is 20.6 Å². The summed E-state index contributed by atoms with van der Waals surface area (Å²) >= 11 is 0. The van der Waals surface area contributed by atoms with E-state index in [4.69, 9.17) is 5.73 Å². The molecule has 0 aliphatic heterocycles. The number of hydrogen-bond acceptors (Lipinski definition) is 5. The first-order valence-electron chi connectivity index (χ1n) is 10.8. The highest BCUT2D eigenvalue weighted by Gasteiger charge is 2.25. The summed E-state index contributed by atoms with van der Waals surface area (Å²) in [4.78, 5) is 20.4. The summed E-state index contributed by atoms with van der Waals surface area (Å²) in [5.74, 6) is 0.252. The van der Waals surface area contributed by atoms with Crippen molar-refractivity contribution < 1.29 is 22.4 Å². The van der Waals surface area contributed by atoms with Crippen LogP contribution in [0.3, 0.4) is 0 Å². The first kappa shape index (κ1) is 24.5. The molecule has 180 valence electrons. The molecule has 1 amide bonds. The van der Waals surface area contributed by atoms with Crippen LogP contribution in [0.15, 0.2) is 40.7 Å². The third-order valence-electron chi connectivity index (χ3n) is 5.63. The zero-order chi connectivity index (χ0) is 24.0. The van der Waals surface area contributed by atoms with Crippen LogP contribution in [0, 0.1) is 0 Å². The molecule has 1 saturated carbocycles. The van der Waals surface area contributed by atoms with Gasteiger partial charge in [0.25, 0.3) is 12.3 Å². The molecule has 2 heterocycles. The lowest BCUT2D eigenvalue weighted by Crippen LogP contribution is -2.41. The maximum atomic E-state index is 13.0. The van der Waals surface area contributed by atoms with Gasteiger partial charge in [0.05, 0.1) is 5.57 Å². The van der Waals surface area contributed by atoms with Crippen LogP contribution in [0.5, 0.6) is 0 Å². The molecule has 1 fully saturated rings. The van der Waals surface area contributed by atoms with Crippen LogP contribution < -0.4 is 16.4 Å². The Kier molecular flexibility index (Phi) is 8.29. The third kappa shape index (κ3) is 6.45. The van der Waals surface area contributed by atoms with Crippen molar-refractivity contribution in [3.8, 4) is 0 Å². The van der Waals surface area contributed by atoms with Crippen LogP contribution in [0.1, 0.15) is 50.6 Å². The Hall–Kier alpha value is -3.11. The van der Waals surface area contributed by atoms with Crippen molar-refractivity contribution in [2.75, 3.05) is 12.4 Å². The molecule has 0 spiro atoms. The Labute approximate surface area is 189 Å². The summed E-state index contributed by atoms with van der Waals surface area (Å²) < 4.78 is 52.6. The highest BCUT2D eigenvalue weighted by molar-refractivity contribution is 6.12. The average Bonchev–Trinajstić information content (AvgIpc) is 3.23. The molecule has 0 bridgehead atoms. The SMILES string of the molecule is CN=C/C(C(=O)NC1CCC(Nc2cccc3nc(C(F)F)cn23)CC1)=C(\N)CCC(F)F. The number of carbonyl (C=O) groups excluding carboxylic acids is 1. The Morgan fingerprint density at radius 1 is 1.24 bits per heavy atom. The number of anilines is 1. The summed E-state index contributed by atoms with van der Waals surface area (Å²) in [6, 6.07) is 5.24. The van der Waals surface area contributed by atoms with Gasteiger partial charge >= 0.3 is 0 Å². The Bertz CT molecular complexity index is 1010. The molecular formula is C22H28F4N6O. The highest BCUT2D eigenvalue weighted by atomic mass is 19.3. The maximum Gasteiger partial charge on any atom is 0.281 e. The molecule has 4 N–H and O–H groups in total. The fraction of sp³-hybridized carbons (Fsp3) is 0.500. The van der Waals surface area contributed by atoms with Crippen molar-refractivity contribution in [3.63, 3.8) is 0 Å². The second kappa shape index (κ2) is 11.2. The van der Waals surface area contributed by atoms with E-state index in [-0.39, 0.29) is 35.5 Å². The van der Waals surface area contributed by atoms with E-state index < -0.39 is 25.2 Å². The standard InChI is InChI=1S/C22H28F4N6O/c1-28-11-15(16(27)9-10-18(23)24)22(33)30-14-7-5-13(6-8-14)29-19-3-2-4-20-31-17(21(25)26)12-32(19)20/h2-4,11-14,18,21,29H,5-10,27H2,1H3,(H,30,33)/b16-15+,28-11?. The molecule has 7 nitrogen and oxygen atoms in total. The molecule has 11 heteroatoms. The predicted molar refractivity (Wildman–Crippen MR) is 119 cm³/mol. The quantitative estimate of drug-likeness (QED) is 0.294. The van der Waals surface area contributed by atoms with Crippen molar-refractivity contribution in [3.05, 3.63) is 41.4 Å². The number of alkyl halides is 4. The summed E-state index contributed by atoms with van der Waals surface area (Å²) in [5.41, 5.74) is 6.23. The molecule has 1 aliphatic carbocycles. The molecule has 3 rings (SSSR count).